The number of carbonyl (C=O) groups is 2. The highest BCUT2D eigenvalue weighted by atomic mass is 16.3. The average molecular weight is 261 g/mol. The van der Waals surface area contributed by atoms with E-state index in [-0.39, 0.29) is 22.8 Å². The fraction of sp³-hybridized carbons (Fsp3) is 0.385. The van der Waals surface area contributed by atoms with Crippen LogP contribution in [0.4, 0.5) is 0 Å². The molecule has 5 N–H and O–H groups in total. The van der Waals surface area contributed by atoms with Gasteiger partial charge in [0.05, 0.1) is 23.0 Å². The van der Waals surface area contributed by atoms with Crippen LogP contribution in [-0.2, 0) is 6.54 Å². The van der Waals surface area contributed by atoms with Gasteiger partial charge in [0.1, 0.15) is 11.8 Å². The van der Waals surface area contributed by atoms with Gasteiger partial charge in [-0.2, -0.15) is 0 Å². The van der Waals surface area contributed by atoms with E-state index in [9.17, 15) is 14.7 Å². The van der Waals surface area contributed by atoms with Crippen molar-refractivity contribution in [3.05, 3.63) is 33.8 Å². The summed E-state index contributed by atoms with van der Waals surface area (Å²) in [7, 11) is 0. The topological polar surface area (TPSA) is 111 Å². The second-order valence-corrected chi connectivity index (χ2v) is 5.15. The van der Waals surface area contributed by atoms with E-state index in [0.717, 1.165) is 0 Å². The summed E-state index contributed by atoms with van der Waals surface area (Å²) in [4.78, 5) is 24.6. The molecule has 0 saturated heterocycles. The lowest BCUT2D eigenvalue weighted by Gasteiger charge is -2.16. The molecule has 0 spiro atoms. The zero-order valence-corrected chi connectivity index (χ0v) is 10.7. The molecule has 0 amide bonds. The Morgan fingerprint density at radius 2 is 1.89 bits per heavy atom. The minimum Gasteiger partial charge on any atom is -0.395 e. The summed E-state index contributed by atoms with van der Waals surface area (Å²) in [5.74, 6) is -0.602. The summed E-state index contributed by atoms with van der Waals surface area (Å²) >= 11 is 0. The first-order valence-corrected chi connectivity index (χ1v) is 6.08. The number of nitrogens with zero attached hydrogens (tertiary/aromatic N) is 1. The van der Waals surface area contributed by atoms with Crippen molar-refractivity contribution in [2.24, 2.45) is 11.5 Å². The van der Waals surface area contributed by atoms with Crippen LogP contribution in [0.2, 0.25) is 0 Å². The van der Waals surface area contributed by atoms with Gasteiger partial charge in [0.25, 0.3) is 0 Å². The molecule has 1 aromatic heterocycles. The molecule has 2 atom stereocenters. The highest BCUT2D eigenvalue weighted by molar-refractivity contribution is 6.26. The molecule has 0 bridgehead atoms. The number of fused-ring (bicyclic) bond motifs is 3. The monoisotopic (exact) mass is 261 g/mol. The van der Waals surface area contributed by atoms with Crippen molar-refractivity contribution in [2.75, 3.05) is 0 Å². The third kappa shape index (κ3) is 1.27. The van der Waals surface area contributed by atoms with Crippen LogP contribution >= 0.6 is 0 Å². The van der Waals surface area contributed by atoms with E-state index in [1.54, 1.807) is 18.4 Å². The SMILES string of the molecule is CC1=C(N)C(=O)c2c(C)c3n(c2C1=O)C[C@H](N)[C@H]3O. The Bertz CT molecular complexity index is 669. The number of allylic oxidation sites excluding steroid dienone is 2. The van der Waals surface area contributed by atoms with Crippen molar-refractivity contribution < 1.29 is 14.7 Å². The van der Waals surface area contributed by atoms with Crippen LogP contribution in [0.1, 0.15) is 45.1 Å². The molecule has 19 heavy (non-hydrogen) atoms. The lowest BCUT2D eigenvalue weighted by Crippen LogP contribution is -2.30. The fourth-order valence-corrected chi connectivity index (χ4v) is 2.97. The Kier molecular flexibility index (Phi) is 2.27. The molecule has 0 fully saturated rings. The number of aliphatic hydroxyl groups is 1. The molecule has 1 aliphatic carbocycles. The van der Waals surface area contributed by atoms with Gasteiger partial charge in [-0.3, -0.25) is 9.59 Å². The van der Waals surface area contributed by atoms with Gasteiger partial charge in [0.2, 0.25) is 11.6 Å². The van der Waals surface area contributed by atoms with Crippen LogP contribution in [0.25, 0.3) is 0 Å². The van der Waals surface area contributed by atoms with Gasteiger partial charge in [0, 0.05) is 12.1 Å². The molecular weight excluding hydrogens is 246 g/mol. The van der Waals surface area contributed by atoms with Crippen molar-refractivity contribution >= 4 is 11.6 Å². The number of nitrogens with two attached hydrogens (primary N) is 2. The number of carbonyl (C=O) groups excluding carboxylic acids is 2. The minimum absolute atomic E-state index is 0.0105. The molecule has 0 aromatic carbocycles. The molecule has 6 heteroatoms. The molecule has 6 nitrogen and oxygen atoms in total. The maximum Gasteiger partial charge on any atom is 0.211 e. The zero-order valence-electron chi connectivity index (χ0n) is 10.7. The van der Waals surface area contributed by atoms with E-state index in [1.807, 2.05) is 0 Å². The first-order chi connectivity index (χ1) is 8.86. The lowest BCUT2D eigenvalue weighted by molar-refractivity contribution is 0.0967. The predicted molar refractivity (Wildman–Crippen MR) is 67.7 cm³/mol. The van der Waals surface area contributed by atoms with Crippen LogP contribution < -0.4 is 11.5 Å². The number of hydrogen-bond acceptors (Lipinski definition) is 5. The first kappa shape index (κ1) is 12.1. The predicted octanol–water partition coefficient (Wildman–Crippen LogP) is -0.217. The maximum absolute atomic E-state index is 12.3. The molecule has 0 saturated carbocycles. The number of aromatic nitrogens is 1. The van der Waals surface area contributed by atoms with Crippen LogP contribution in [-0.4, -0.2) is 27.3 Å². The molecule has 3 rings (SSSR count). The third-order valence-electron chi connectivity index (χ3n) is 4.07. The van der Waals surface area contributed by atoms with E-state index in [1.165, 1.54) is 0 Å². The normalized spacial score (nSPS) is 25.9. The third-order valence-corrected chi connectivity index (χ3v) is 4.07. The smallest absolute Gasteiger partial charge is 0.211 e. The minimum atomic E-state index is -0.854. The van der Waals surface area contributed by atoms with Gasteiger partial charge in [-0.05, 0) is 19.4 Å². The van der Waals surface area contributed by atoms with Gasteiger partial charge >= 0.3 is 0 Å². The number of rotatable bonds is 0. The molecule has 1 aromatic rings. The van der Waals surface area contributed by atoms with E-state index in [0.29, 0.717) is 29.1 Å². The standard InChI is InChI=1S/C13H15N3O3/c1-4-7-10(11(17)5(2)8(15)13(7)19)16-3-6(14)12(18)9(4)16/h6,12,18H,3,14-15H2,1-2H3/t6-,12+/m0/s1. The summed E-state index contributed by atoms with van der Waals surface area (Å²) in [6.07, 6.45) is -0.854. The number of Topliss-reactive ketones (excluding diaryl/α,β-unsaturated/α-hetero) is 2. The Morgan fingerprint density at radius 3 is 2.53 bits per heavy atom. The van der Waals surface area contributed by atoms with Crippen molar-refractivity contribution in [2.45, 2.75) is 32.5 Å². The van der Waals surface area contributed by atoms with E-state index in [4.69, 9.17) is 11.5 Å². The summed E-state index contributed by atoms with van der Waals surface area (Å²) in [6, 6.07) is -0.453. The maximum atomic E-state index is 12.3. The van der Waals surface area contributed by atoms with E-state index < -0.39 is 12.1 Å². The Balaban J connectivity index is 2.33. The lowest BCUT2D eigenvalue weighted by atomic mass is 9.90. The number of hydrogen-bond donors (Lipinski definition) is 3. The molecule has 0 radical (unpaired) electrons. The summed E-state index contributed by atoms with van der Waals surface area (Å²) in [5.41, 5.74) is 13.5. The van der Waals surface area contributed by atoms with Crippen LogP contribution in [0.5, 0.6) is 0 Å². The number of aliphatic hydroxyl groups excluding tert-OH is 1. The van der Waals surface area contributed by atoms with E-state index >= 15 is 0 Å². The zero-order chi connectivity index (χ0) is 14.1. The Labute approximate surface area is 109 Å². The van der Waals surface area contributed by atoms with Gasteiger partial charge in [0.15, 0.2) is 0 Å². The molecule has 100 valence electrons. The van der Waals surface area contributed by atoms with Crippen molar-refractivity contribution in [3.8, 4) is 0 Å². The molecule has 1 aliphatic heterocycles. The second kappa shape index (κ2) is 3.55. The van der Waals surface area contributed by atoms with E-state index in [2.05, 4.69) is 0 Å². The second-order valence-electron chi connectivity index (χ2n) is 5.15. The largest absolute Gasteiger partial charge is 0.395 e. The highest BCUT2D eigenvalue weighted by Crippen LogP contribution is 2.38. The van der Waals surface area contributed by atoms with Gasteiger partial charge in [-0.15, -0.1) is 0 Å². The fourth-order valence-electron chi connectivity index (χ4n) is 2.97. The average Bonchev–Trinajstić information content (AvgIpc) is 2.81. The van der Waals surface area contributed by atoms with Crippen LogP contribution in [0.15, 0.2) is 11.3 Å². The van der Waals surface area contributed by atoms with Gasteiger partial charge < -0.3 is 21.1 Å². The molecule has 0 unspecified atom stereocenters. The number of ketones is 2. The summed E-state index contributed by atoms with van der Waals surface area (Å²) in [6.45, 7) is 3.59. The molecule has 2 aliphatic rings. The first-order valence-electron chi connectivity index (χ1n) is 6.08. The van der Waals surface area contributed by atoms with Crippen molar-refractivity contribution in [3.63, 3.8) is 0 Å². The Hall–Kier alpha value is -1.92. The summed E-state index contributed by atoms with van der Waals surface area (Å²) < 4.78 is 1.66. The Morgan fingerprint density at radius 1 is 1.26 bits per heavy atom. The van der Waals surface area contributed by atoms with Crippen molar-refractivity contribution in [1.82, 2.24) is 4.57 Å². The van der Waals surface area contributed by atoms with Gasteiger partial charge in [-0.1, -0.05) is 0 Å². The molecule has 2 heterocycles. The van der Waals surface area contributed by atoms with Gasteiger partial charge in [-0.25, -0.2) is 0 Å². The molecular formula is C13H15N3O3. The van der Waals surface area contributed by atoms with Crippen LogP contribution in [0.3, 0.4) is 0 Å². The van der Waals surface area contributed by atoms with Crippen molar-refractivity contribution in [1.29, 1.82) is 0 Å². The highest BCUT2D eigenvalue weighted by Gasteiger charge is 2.41. The van der Waals surface area contributed by atoms with Crippen LogP contribution in [0, 0.1) is 6.92 Å². The quantitative estimate of drug-likeness (QED) is 0.598. The summed E-state index contributed by atoms with van der Waals surface area (Å²) in [5, 5.41) is 10.1.